The molecule has 0 saturated heterocycles. The first-order valence-corrected chi connectivity index (χ1v) is 4.49. The molecule has 3 nitrogen and oxygen atoms in total. The topological polar surface area (TPSA) is 50.4 Å². The minimum Gasteiger partial charge on any atom is -0.478 e. The zero-order valence-corrected chi connectivity index (χ0v) is 7.54. The molecular formula is C10H12O3. The Morgan fingerprint density at radius 3 is 2.85 bits per heavy atom. The summed E-state index contributed by atoms with van der Waals surface area (Å²) in [5.41, 5.74) is 0.302. The summed E-state index contributed by atoms with van der Waals surface area (Å²) >= 11 is 0. The van der Waals surface area contributed by atoms with E-state index in [4.69, 9.17) is 9.52 Å². The molecule has 1 aliphatic carbocycles. The van der Waals surface area contributed by atoms with Crippen LogP contribution < -0.4 is 0 Å². The van der Waals surface area contributed by atoms with Gasteiger partial charge in [0, 0.05) is 6.42 Å². The fourth-order valence-electron chi connectivity index (χ4n) is 1.46. The molecule has 1 aliphatic rings. The second kappa shape index (κ2) is 2.91. The van der Waals surface area contributed by atoms with Crippen LogP contribution in [0.15, 0.2) is 10.5 Å². The Morgan fingerprint density at radius 1 is 1.69 bits per heavy atom. The van der Waals surface area contributed by atoms with Crippen LogP contribution in [0.1, 0.15) is 34.7 Å². The molecule has 1 fully saturated rings. The van der Waals surface area contributed by atoms with Crippen molar-refractivity contribution >= 4 is 5.97 Å². The van der Waals surface area contributed by atoms with E-state index >= 15 is 0 Å². The largest absolute Gasteiger partial charge is 0.478 e. The van der Waals surface area contributed by atoms with Crippen molar-refractivity contribution in [2.45, 2.75) is 26.2 Å². The van der Waals surface area contributed by atoms with Gasteiger partial charge < -0.3 is 9.52 Å². The Balaban J connectivity index is 2.18. The number of carboxylic acid groups (broad SMARTS) is 1. The number of aryl methyl sites for hydroxylation is 1. The monoisotopic (exact) mass is 180 g/mol. The van der Waals surface area contributed by atoms with Gasteiger partial charge in [-0.3, -0.25) is 0 Å². The minimum atomic E-state index is -0.900. The predicted molar refractivity (Wildman–Crippen MR) is 46.8 cm³/mol. The maximum Gasteiger partial charge on any atom is 0.339 e. The second-order valence-corrected chi connectivity index (χ2v) is 3.64. The molecule has 1 N–H and O–H groups in total. The zero-order chi connectivity index (χ0) is 9.42. The van der Waals surface area contributed by atoms with E-state index in [1.54, 1.807) is 13.0 Å². The Bertz CT molecular complexity index is 334. The molecule has 1 aromatic heterocycles. The van der Waals surface area contributed by atoms with Crippen molar-refractivity contribution in [3.05, 3.63) is 23.2 Å². The third-order valence-electron chi connectivity index (χ3n) is 2.39. The van der Waals surface area contributed by atoms with Crippen LogP contribution in [0, 0.1) is 12.8 Å². The average Bonchev–Trinajstić information content (AvgIpc) is 2.75. The molecule has 0 unspecified atom stereocenters. The highest BCUT2D eigenvalue weighted by Crippen LogP contribution is 2.33. The number of furan rings is 1. The van der Waals surface area contributed by atoms with Gasteiger partial charge in [0.15, 0.2) is 0 Å². The van der Waals surface area contributed by atoms with E-state index in [2.05, 4.69) is 0 Å². The van der Waals surface area contributed by atoms with Gasteiger partial charge in [-0.05, 0) is 31.7 Å². The van der Waals surface area contributed by atoms with Crippen LogP contribution in [0.4, 0.5) is 0 Å². The van der Waals surface area contributed by atoms with Gasteiger partial charge in [-0.15, -0.1) is 0 Å². The van der Waals surface area contributed by atoms with E-state index in [1.807, 2.05) is 0 Å². The molecule has 3 heteroatoms. The third kappa shape index (κ3) is 1.74. The highest BCUT2D eigenvalue weighted by molar-refractivity contribution is 5.88. The van der Waals surface area contributed by atoms with Gasteiger partial charge in [-0.2, -0.15) is 0 Å². The number of carboxylic acids is 1. The number of aromatic carboxylic acids is 1. The summed E-state index contributed by atoms with van der Waals surface area (Å²) in [6.45, 7) is 1.69. The lowest BCUT2D eigenvalue weighted by molar-refractivity contribution is 0.0695. The average molecular weight is 180 g/mol. The first-order chi connectivity index (χ1) is 6.16. The van der Waals surface area contributed by atoms with Gasteiger partial charge in [0.1, 0.15) is 17.1 Å². The summed E-state index contributed by atoms with van der Waals surface area (Å²) < 4.78 is 5.35. The molecule has 1 heterocycles. The van der Waals surface area contributed by atoms with E-state index in [-0.39, 0.29) is 0 Å². The van der Waals surface area contributed by atoms with E-state index < -0.39 is 5.97 Å². The maximum atomic E-state index is 10.7. The highest BCUT2D eigenvalue weighted by atomic mass is 16.4. The van der Waals surface area contributed by atoms with Crippen LogP contribution in [0.5, 0.6) is 0 Å². The molecule has 1 aromatic rings. The molecule has 0 aliphatic heterocycles. The SMILES string of the molecule is Cc1oc(CC2CC2)cc1C(=O)O. The lowest BCUT2D eigenvalue weighted by Gasteiger charge is -1.89. The molecular weight excluding hydrogens is 168 g/mol. The zero-order valence-electron chi connectivity index (χ0n) is 7.54. The predicted octanol–water partition coefficient (Wildman–Crippen LogP) is 2.24. The second-order valence-electron chi connectivity index (χ2n) is 3.64. The molecule has 0 atom stereocenters. The lowest BCUT2D eigenvalue weighted by atomic mass is 10.2. The molecule has 0 aromatic carbocycles. The molecule has 0 spiro atoms. The molecule has 70 valence electrons. The van der Waals surface area contributed by atoms with Gasteiger partial charge in [-0.25, -0.2) is 4.79 Å². The third-order valence-corrected chi connectivity index (χ3v) is 2.39. The standard InChI is InChI=1S/C10H12O3/c1-6-9(10(11)12)5-8(13-6)4-7-2-3-7/h5,7H,2-4H2,1H3,(H,11,12). The van der Waals surface area contributed by atoms with Crippen LogP contribution in [0.3, 0.4) is 0 Å². The van der Waals surface area contributed by atoms with Crippen molar-refractivity contribution in [2.75, 3.05) is 0 Å². The van der Waals surface area contributed by atoms with Gasteiger partial charge in [0.2, 0.25) is 0 Å². The summed E-state index contributed by atoms with van der Waals surface area (Å²) in [5, 5.41) is 8.77. The highest BCUT2D eigenvalue weighted by Gasteiger charge is 2.24. The molecule has 0 bridgehead atoms. The Kier molecular flexibility index (Phi) is 1.87. The van der Waals surface area contributed by atoms with E-state index in [0.717, 1.165) is 18.1 Å². The van der Waals surface area contributed by atoms with Gasteiger partial charge in [0.25, 0.3) is 0 Å². The minimum absolute atomic E-state index is 0.302. The molecule has 1 saturated carbocycles. The van der Waals surface area contributed by atoms with Gasteiger partial charge in [0.05, 0.1) is 0 Å². The van der Waals surface area contributed by atoms with Crippen LogP contribution in [0.2, 0.25) is 0 Å². The number of hydrogen-bond acceptors (Lipinski definition) is 2. The number of carbonyl (C=O) groups is 1. The van der Waals surface area contributed by atoms with Crippen molar-refractivity contribution in [3.8, 4) is 0 Å². The van der Waals surface area contributed by atoms with Crippen molar-refractivity contribution in [2.24, 2.45) is 5.92 Å². The smallest absolute Gasteiger partial charge is 0.339 e. The van der Waals surface area contributed by atoms with Crippen molar-refractivity contribution in [1.82, 2.24) is 0 Å². The normalized spacial score (nSPS) is 16.1. The number of rotatable bonds is 3. The number of hydrogen-bond donors (Lipinski definition) is 1. The van der Waals surface area contributed by atoms with Gasteiger partial charge >= 0.3 is 5.97 Å². The fraction of sp³-hybridized carbons (Fsp3) is 0.500. The van der Waals surface area contributed by atoms with Crippen molar-refractivity contribution in [1.29, 1.82) is 0 Å². The van der Waals surface area contributed by atoms with Crippen LogP contribution in [0.25, 0.3) is 0 Å². The molecule has 0 radical (unpaired) electrons. The summed E-state index contributed by atoms with van der Waals surface area (Å²) in [6.07, 6.45) is 3.40. The summed E-state index contributed by atoms with van der Waals surface area (Å²) in [4.78, 5) is 10.7. The quantitative estimate of drug-likeness (QED) is 0.776. The van der Waals surface area contributed by atoms with Crippen molar-refractivity contribution < 1.29 is 14.3 Å². The van der Waals surface area contributed by atoms with Crippen molar-refractivity contribution in [3.63, 3.8) is 0 Å². The molecule has 13 heavy (non-hydrogen) atoms. The van der Waals surface area contributed by atoms with Crippen LogP contribution in [-0.2, 0) is 6.42 Å². The van der Waals surface area contributed by atoms with E-state index in [9.17, 15) is 4.79 Å². The first kappa shape index (κ1) is 8.35. The van der Waals surface area contributed by atoms with Gasteiger partial charge in [-0.1, -0.05) is 0 Å². The Morgan fingerprint density at radius 2 is 2.38 bits per heavy atom. The first-order valence-electron chi connectivity index (χ1n) is 4.49. The van der Waals surface area contributed by atoms with Crippen LogP contribution in [-0.4, -0.2) is 11.1 Å². The van der Waals surface area contributed by atoms with E-state index in [0.29, 0.717) is 11.3 Å². The summed E-state index contributed by atoms with van der Waals surface area (Å²) in [6, 6.07) is 1.65. The van der Waals surface area contributed by atoms with E-state index in [1.165, 1.54) is 12.8 Å². The maximum absolute atomic E-state index is 10.7. The summed E-state index contributed by atoms with van der Waals surface area (Å²) in [7, 11) is 0. The van der Waals surface area contributed by atoms with Crippen LogP contribution >= 0.6 is 0 Å². The summed E-state index contributed by atoms with van der Waals surface area (Å²) in [5.74, 6) is 1.16. The molecule has 0 amide bonds. The fourth-order valence-corrected chi connectivity index (χ4v) is 1.46. The lowest BCUT2D eigenvalue weighted by Crippen LogP contribution is -1.95. The molecule has 2 rings (SSSR count). The Hall–Kier alpha value is -1.25. The Labute approximate surface area is 76.4 Å².